The number of hydrogen-bond acceptors (Lipinski definition) is 5. The fourth-order valence-corrected chi connectivity index (χ4v) is 2.08. The number of non-ortho nitro benzene ring substituents is 1. The van der Waals surface area contributed by atoms with Gasteiger partial charge in [-0.25, -0.2) is 0 Å². The molecule has 1 aliphatic rings. The van der Waals surface area contributed by atoms with Crippen molar-refractivity contribution in [2.24, 2.45) is 0 Å². The molecule has 0 saturated carbocycles. The van der Waals surface area contributed by atoms with E-state index >= 15 is 0 Å². The van der Waals surface area contributed by atoms with Crippen molar-refractivity contribution in [3.8, 4) is 0 Å². The van der Waals surface area contributed by atoms with E-state index in [1.54, 1.807) is 12.1 Å². The van der Waals surface area contributed by atoms with E-state index in [0.717, 1.165) is 5.56 Å². The van der Waals surface area contributed by atoms with Crippen molar-refractivity contribution >= 4 is 5.69 Å². The highest BCUT2D eigenvalue weighted by Gasteiger charge is 2.32. The van der Waals surface area contributed by atoms with Gasteiger partial charge in [-0.15, -0.1) is 0 Å². The average molecular weight is 266 g/mol. The molecule has 0 radical (unpaired) electrons. The molecular weight excluding hydrogens is 248 g/mol. The van der Waals surface area contributed by atoms with Crippen LogP contribution < -0.4 is 5.32 Å². The van der Waals surface area contributed by atoms with E-state index in [4.69, 9.17) is 4.74 Å². The number of ether oxygens (including phenoxy) is 1. The quantitative estimate of drug-likeness (QED) is 0.621. The van der Waals surface area contributed by atoms with Crippen molar-refractivity contribution in [3.63, 3.8) is 0 Å². The highest BCUT2D eigenvalue weighted by molar-refractivity contribution is 5.34. The third-order valence-electron chi connectivity index (χ3n) is 3.42. The van der Waals surface area contributed by atoms with Crippen LogP contribution in [0.25, 0.3) is 0 Å². The summed E-state index contributed by atoms with van der Waals surface area (Å²) in [5.41, 5.74) is 0.238. The van der Waals surface area contributed by atoms with Crippen LogP contribution in [-0.4, -0.2) is 35.4 Å². The lowest BCUT2D eigenvalue weighted by Gasteiger charge is -2.24. The summed E-state index contributed by atoms with van der Waals surface area (Å²) in [4.78, 5) is 10.2. The van der Waals surface area contributed by atoms with E-state index in [1.807, 2.05) is 6.92 Å². The summed E-state index contributed by atoms with van der Waals surface area (Å²) in [6.07, 6.45) is 0.632. The van der Waals surface area contributed by atoms with Crippen LogP contribution in [0.5, 0.6) is 0 Å². The summed E-state index contributed by atoms with van der Waals surface area (Å²) in [6.45, 7) is 3.35. The lowest BCUT2D eigenvalue weighted by atomic mass is 10.0. The molecule has 2 N–H and O–H groups in total. The third kappa shape index (κ3) is 3.50. The minimum Gasteiger partial charge on any atom is -0.386 e. The summed E-state index contributed by atoms with van der Waals surface area (Å²) in [7, 11) is 0. The Labute approximate surface area is 111 Å². The van der Waals surface area contributed by atoms with Crippen LogP contribution in [0.1, 0.15) is 24.9 Å². The first-order valence-corrected chi connectivity index (χ1v) is 6.28. The second-order valence-electron chi connectivity index (χ2n) is 4.98. The van der Waals surface area contributed by atoms with Gasteiger partial charge in [-0.05, 0) is 12.5 Å². The van der Waals surface area contributed by atoms with Gasteiger partial charge in [-0.2, -0.15) is 0 Å². The number of rotatable bonds is 5. The normalized spacial score (nSPS) is 24.3. The first kappa shape index (κ1) is 13.9. The van der Waals surface area contributed by atoms with Gasteiger partial charge in [0.25, 0.3) is 5.69 Å². The molecular formula is C13H18N2O4. The monoisotopic (exact) mass is 266 g/mol. The topological polar surface area (TPSA) is 84.6 Å². The molecule has 1 saturated heterocycles. The minimum absolute atomic E-state index is 0.0189. The Balaban J connectivity index is 1.92. The Hall–Kier alpha value is -1.50. The van der Waals surface area contributed by atoms with Gasteiger partial charge in [0.05, 0.1) is 11.5 Å². The van der Waals surface area contributed by atoms with Gasteiger partial charge in [-0.3, -0.25) is 10.1 Å². The number of nitro groups is 1. The molecule has 1 aromatic carbocycles. The Kier molecular flexibility index (Phi) is 4.14. The number of nitrogens with one attached hydrogen (secondary N) is 1. The molecule has 0 aliphatic carbocycles. The third-order valence-corrected chi connectivity index (χ3v) is 3.42. The van der Waals surface area contributed by atoms with Crippen LogP contribution in [0, 0.1) is 10.1 Å². The first-order valence-electron chi connectivity index (χ1n) is 6.28. The second kappa shape index (κ2) is 5.64. The molecule has 6 heteroatoms. The zero-order valence-corrected chi connectivity index (χ0v) is 10.8. The Morgan fingerprint density at radius 3 is 2.74 bits per heavy atom. The van der Waals surface area contributed by atoms with E-state index in [2.05, 4.69) is 5.32 Å². The molecule has 1 heterocycles. The summed E-state index contributed by atoms with van der Waals surface area (Å²) in [5.74, 6) is 0. The summed E-state index contributed by atoms with van der Waals surface area (Å²) in [5, 5.41) is 23.9. The smallest absolute Gasteiger partial charge is 0.269 e. The molecule has 0 amide bonds. The van der Waals surface area contributed by atoms with E-state index in [1.165, 1.54) is 12.1 Å². The maximum absolute atomic E-state index is 10.6. The van der Waals surface area contributed by atoms with Crippen molar-refractivity contribution in [1.82, 2.24) is 5.32 Å². The van der Waals surface area contributed by atoms with Crippen LogP contribution in [0.3, 0.4) is 0 Å². The molecule has 2 rings (SSSR count). The lowest BCUT2D eigenvalue weighted by molar-refractivity contribution is -0.384. The highest BCUT2D eigenvalue weighted by Crippen LogP contribution is 2.21. The Morgan fingerprint density at radius 1 is 1.53 bits per heavy atom. The van der Waals surface area contributed by atoms with Crippen molar-refractivity contribution in [3.05, 3.63) is 39.9 Å². The first-order chi connectivity index (χ1) is 9.00. The molecule has 6 nitrogen and oxygen atoms in total. The second-order valence-corrected chi connectivity index (χ2v) is 4.98. The number of nitrogens with zero attached hydrogens (tertiary/aromatic N) is 1. The van der Waals surface area contributed by atoms with Crippen LogP contribution in [0.4, 0.5) is 5.69 Å². The molecule has 1 aromatic rings. The minimum atomic E-state index is -0.797. The van der Waals surface area contributed by atoms with Gasteiger partial charge in [-0.1, -0.05) is 12.1 Å². The molecule has 19 heavy (non-hydrogen) atoms. The van der Waals surface area contributed by atoms with Gasteiger partial charge < -0.3 is 15.2 Å². The van der Waals surface area contributed by atoms with E-state index in [0.29, 0.717) is 26.2 Å². The van der Waals surface area contributed by atoms with Crippen molar-refractivity contribution in [2.45, 2.75) is 25.0 Å². The van der Waals surface area contributed by atoms with Gasteiger partial charge in [0.1, 0.15) is 5.60 Å². The zero-order chi connectivity index (χ0) is 13.9. The predicted molar refractivity (Wildman–Crippen MR) is 69.9 cm³/mol. The number of aliphatic hydroxyl groups is 1. The van der Waals surface area contributed by atoms with Crippen LogP contribution >= 0.6 is 0 Å². The van der Waals surface area contributed by atoms with Gasteiger partial charge in [0, 0.05) is 37.7 Å². The molecule has 1 aliphatic heterocycles. The fraction of sp³-hybridized carbons (Fsp3) is 0.538. The summed E-state index contributed by atoms with van der Waals surface area (Å²) < 4.78 is 5.18. The highest BCUT2D eigenvalue weighted by atomic mass is 16.6. The fourth-order valence-electron chi connectivity index (χ4n) is 2.08. The van der Waals surface area contributed by atoms with Gasteiger partial charge >= 0.3 is 0 Å². The zero-order valence-electron chi connectivity index (χ0n) is 10.8. The number of hydrogen-bond donors (Lipinski definition) is 2. The van der Waals surface area contributed by atoms with Crippen LogP contribution in [0.15, 0.2) is 24.3 Å². The molecule has 2 atom stereocenters. The Morgan fingerprint density at radius 2 is 2.21 bits per heavy atom. The van der Waals surface area contributed by atoms with E-state index in [9.17, 15) is 15.2 Å². The van der Waals surface area contributed by atoms with Crippen molar-refractivity contribution in [2.75, 3.05) is 19.8 Å². The molecule has 0 bridgehead atoms. The lowest BCUT2D eigenvalue weighted by Crippen LogP contribution is -2.41. The number of benzene rings is 1. The van der Waals surface area contributed by atoms with E-state index in [-0.39, 0.29) is 11.7 Å². The predicted octanol–water partition coefficient (Wildman–Crippen LogP) is 1.40. The maximum Gasteiger partial charge on any atom is 0.269 e. The standard InChI is InChI=1S/C13H18N2O4/c1-10(14-8-13(16)6-7-19-9-13)11-2-4-12(5-3-11)15(17)18/h2-5,10,14,16H,6-9H2,1H3/t10-,13-/m1/s1. The summed E-state index contributed by atoms with van der Waals surface area (Å²) >= 11 is 0. The summed E-state index contributed by atoms with van der Waals surface area (Å²) in [6, 6.07) is 6.45. The van der Waals surface area contributed by atoms with Crippen molar-refractivity contribution in [1.29, 1.82) is 0 Å². The number of nitro benzene ring substituents is 1. The van der Waals surface area contributed by atoms with Gasteiger partial charge in [0.2, 0.25) is 0 Å². The van der Waals surface area contributed by atoms with Crippen LogP contribution in [0.2, 0.25) is 0 Å². The maximum atomic E-state index is 10.6. The van der Waals surface area contributed by atoms with Gasteiger partial charge in [0.15, 0.2) is 0 Å². The SMILES string of the molecule is C[C@@H](NC[C@]1(O)CCOC1)c1ccc([N+](=O)[O-])cc1. The molecule has 1 fully saturated rings. The van der Waals surface area contributed by atoms with Crippen LogP contribution in [-0.2, 0) is 4.74 Å². The molecule has 0 unspecified atom stereocenters. The van der Waals surface area contributed by atoms with Crippen molar-refractivity contribution < 1.29 is 14.8 Å². The largest absolute Gasteiger partial charge is 0.386 e. The molecule has 104 valence electrons. The molecule has 0 spiro atoms. The average Bonchev–Trinajstić information content (AvgIpc) is 2.83. The molecule has 0 aromatic heterocycles. The van der Waals surface area contributed by atoms with E-state index < -0.39 is 10.5 Å². The Bertz CT molecular complexity index is 440.